The lowest BCUT2D eigenvalue weighted by Crippen LogP contribution is -2.12. The predicted octanol–water partition coefficient (Wildman–Crippen LogP) is 3.21. The first kappa shape index (κ1) is 11.9. The molecule has 0 N–H and O–H groups in total. The number of benzene rings is 2. The molecule has 4 nitrogen and oxygen atoms in total. The molecular formula is C17H13N3O. The van der Waals surface area contributed by atoms with Crippen LogP contribution in [-0.2, 0) is 6.61 Å². The van der Waals surface area contributed by atoms with Gasteiger partial charge in [-0.15, -0.1) is 5.10 Å². The molecule has 4 rings (SSSR count). The largest absolute Gasteiger partial charge is 0.391 e. The van der Waals surface area contributed by atoms with E-state index < -0.39 is 0 Å². The lowest BCUT2D eigenvalue weighted by Gasteiger charge is -2.07. The Morgan fingerprint density at radius 2 is 1.71 bits per heavy atom. The molecule has 0 aliphatic heterocycles. The average molecular weight is 275 g/mol. The van der Waals surface area contributed by atoms with Crippen LogP contribution in [0.4, 0.5) is 0 Å². The highest BCUT2D eigenvalue weighted by atomic mass is 16.7. The lowest BCUT2D eigenvalue weighted by molar-refractivity contribution is 0.0799. The minimum absolute atomic E-state index is 0.480. The second-order valence-corrected chi connectivity index (χ2v) is 4.86. The van der Waals surface area contributed by atoms with E-state index in [1.807, 2.05) is 60.8 Å². The van der Waals surface area contributed by atoms with Crippen LogP contribution >= 0.6 is 0 Å². The van der Waals surface area contributed by atoms with E-state index in [4.69, 9.17) is 4.84 Å². The maximum atomic E-state index is 5.83. The summed E-state index contributed by atoms with van der Waals surface area (Å²) in [5.41, 5.74) is 3.01. The van der Waals surface area contributed by atoms with Gasteiger partial charge in [0.15, 0.2) is 0 Å². The maximum absolute atomic E-state index is 5.83. The van der Waals surface area contributed by atoms with E-state index in [-0.39, 0.29) is 0 Å². The second-order valence-electron chi connectivity index (χ2n) is 4.86. The molecule has 0 aliphatic rings. The van der Waals surface area contributed by atoms with Gasteiger partial charge in [-0.2, -0.15) is 0 Å². The Morgan fingerprint density at radius 3 is 2.62 bits per heavy atom. The van der Waals surface area contributed by atoms with E-state index in [1.54, 1.807) is 11.0 Å². The van der Waals surface area contributed by atoms with E-state index in [1.165, 1.54) is 0 Å². The van der Waals surface area contributed by atoms with Gasteiger partial charge in [0.2, 0.25) is 0 Å². The number of pyridine rings is 1. The zero-order valence-electron chi connectivity index (χ0n) is 11.3. The summed E-state index contributed by atoms with van der Waals surface area (Å²) < 4.78 is 0. The first-order valence-electron chi connectivity index (χ1n) is 6.80. The number of hydrogen-bond donors (Lipinski definition) is 0. The number of hydrogen-bond acceptors (Lipinski definition) is 3. The summed E-state index contributed by atoms with van der Waals surface area (Å²) in [5, 5.41) is 6.33. The fourth-order valence-corrected chi connectivity index (χ4v) is 2.43. The van der Waals surface area contributed by atoms with Crippen molar-refractivity contribution in [2.45, 2.75) is 6.61 Å². The molecule has 4 heteroatoms. The molecule has 102 valence electrons. The third-order valence-corrected chi connectivity index (χ3v) is 3.46. The summed E-state index contributed by atoms with van der Waals surface area (Å²) in [6, 6.07) is 18.1. The molecule has 0 saturated heterocycles. The quantitative estimate of drug-likeness (QED) is 0.576. The van der Waals surface area contributed by atoms with Crippen LogP contribution in [0.2, 0.25) is 0 Å². The Bertz CT molecular complexity index is 900. The first-order valence-corrected chi connectivity index (χ1v) is 6.80. The van der Waals surface area contributed by atoms with Crippen molar-refractivity contribution in [2.75, 3.05) is 0 Å². The van der Waals surface area contributed by atoms with Crippen molar-refractivity contribution in [3.05, 3.63) is 72.6 Å². The Kier molecular flexibility index (Phi) is 2.78. The number of para-hydroxylation sites is 1. The fourth-order valence-electron chi connectivity index (χ4n) is 2.43. The topological polar surface area (TPSA) is 39.9 Å². The van der Waals surface area contributed by atoms with Gasteiger partial charge in [0.05, 0.1) is 11.7 Å². The molecule has 0 radical (unpaired) electrons. The van der Waals surface area contributed by atoms with Crippen molar-refractivity contribution in [3.8, 4) is 0 Å². The van der Waals surface area contributed by atoms with Crippen molar-refractivity contribution < 1.29 is 4.84 Å². The smallest absolute Gasteiger partial charge is 0.142 e. The molecule has 21 heavy (non-hydrogen) atoms. The van der Waals surface area contributed by atoms with E-state index in [0.717, 1.165) is 27.4 Å². The monoisotopic (exact) mass is 275 g/mol. The Morgan fingerprint density at radius 1 is 0.905 bits per heavy atom. The van der Waals surface area contributed by atoms with Crippen LogP contribution in [0.5, 0.6) is 0 Å². The molecule has 0 amide bonds. The van der Waals surface area contributed by atoms with Crippen LogP contribution in [-0.4, -0.2) is 14.9 Å². The fraction of sp³-hybridized carbons (Fsp3) is 0.0588. The summed E-state index contributed by atoms with van der Waals surface area (Å²) >= 11 is 0. The predicted molar refractivity (Wildman–Crippen MR) is 81.8 cm³/mol. The average Bonchev–Trinajstić information content (AvgIpc) is 2.97. The van der Waals surface area contributed by atoms with E-state index >= 15 is 0 Å². The van der Waals surface area contributed by atoms with Crippen molar-refractivity contribution in [3.63, 3.8) is 0 Å². The first-order chi connectivity index (χ1) is 10.4. The maximum Gasteiger partial charge on any atom is 0.142 e. The van der Waals surface area contributed by atoms with E-state index in [9.17, 15) is 0 Å². The Labute approximate surface area is 121 Å². The highest BCUT2D eigenvalue weighted by Gasteiger charge is 2.08. The molecule has 2 aromatic carbocycles. The SMILES string of the molecule is c1ccc(COn2ncc3cnc4ccccc4c32)cc1. The molecule has 0 unspecified atom stereocenters. The highest BCUT2D eigenvalue weighted by molar-refractivity contribution is 6.02. The minimum Gasteiger partial charge on any atom is -0.391 e. The summed E-state index contributed by atoms with van der Waals surface area (Å²) in [5.74, 6) is 0. The number of rotatable bonds is 3. The molecule has 0 atom stereocenters. The third-order valence-electron chi connectivity index (χ3n) is 3.46. The van der Waals surface area contributed by atoms with Crippen LogP contribution in [0.15, 0.2) is 67.0 Å². The third kappa shape index (κ3) is 2.10. The number of fused-ring (bicyclic) bond motifs is 3. The van der Waals surface area contributed by atoms with Crippen molar-refractivity contribution in [1.82, 2.24) is 14.9 Å². The Balaban J connectivity index is 1.77. The zero-order valence-corrected chi connectivity index (χ0v) is 11.3. The van der Waals surface area contributed by atoms with Gasteiger partial charge in [0.1, 0.15) is 12.1 Å². The molecule has 0 bridgehead atoms. The van der Waals surface area contributed by atoms with Gasteiger partial charge in [0.25, 0.3) is 0 Å². The van der Waals surface area contributed by atoms with Crippen LogP contribution < -0.4 is 4.84 Å². The van der Waals surface area contributed by atoms with Crippen LogP contribution in [0.1, 0.15) is 5.56 Å². The lowest BCUT2D eigenvalue weighted by atomic mass is 10.2. The normalized spacial score (nSPS) is 11.0. The van der Waals surface area contributed by atoms with Gasteiger partial charge in [0, 0.05) is 17.0 Å². The van der Waals surface area contributed by atoms with Crippen LogP contribution in [0.25, 0.3) is 21.8 Å². The summed E-state index contributed by atoms with van der Waals surface area (Å²) in [4.78, 5) is 11.9. The zero-order chi connectivity index (χ0) is 14.1. The molecule has 0 fully saturated rings. The summed E-state index contributed by atoms with van der Waals surface area (Å²) in [7, 11) is 0. The summed E-state index contributed by atoms with van der Waals surface area (Å²) in [6.45, 7) is 0.480. The van der Waals surface area contributed by atoms with Crippen molar-refractivity contribution >= 4 is 21.8 Å². The van der Waals surface area contributed by atoms with Crippen molar-refractivity contribution in [2.24, 2.45) is 0 Å². The van der Waals surface area contributed by atoms with Gasteiger partial charge in [-0.05, 0) is 11.6 Å². The molecule has 0 saturated carbocycles. The highest BCUT2D eigenvalue weighted by Crippen LogP contribution is 2.22. The van der Waals surface area contributed by atoms with Crippen LogP contribution in [0.3, 0.4) is 0 Å². The molecule has 0 aliphatic carbocycles. The number of nitrogens with zero attached hydrogens (tertiary/aromatic N) is 3. The molecule has 0 spiro atoms. The standard InChI is InChI=1S/C17H13N3O/c1-2-6-13(7-3-1)12-21-20-17-14(11-19-20)10-18-16-9-5-4-8-15(16)17/h1-11H,12H2. The van der Waals surface area contributed by atoms with Crippen molar-refractivity contribution in [1.29, 1.82) is 0 Å². The van der Waals surface area contributed by atoms with Gasteiger partial charge in [-0.25, -0.2) is 0 Å². The van der Waals surface area contributed by atoms with Gasteiger partial charge < -0.3 is 4.84 Å². The molecular weight excluding hydrogens is 262 g/mol. The van der Waals surface area contributed by atoms with Gasteiger partial charge in [-0.3, -0.25) is 4.98 Å². The Hall–Kier alpha value is -2.88. The molecule has 2 aromatic heterocycles. The minimum atomic E-state index is 0.480. The molecule has 4 aromatic rings. The summed E-state index contributed by atoms with van der Waals surface area (Å²) in [6.07, 6.45) is 3.60. The van der Waals surface area contributed by atoms with E-state index in [0.29, 0.717) is 6.61 Å². The number of aromatic nitrogens is 3. The van der Waals surface area contributed by atoms with Gasteiger partial charge in [-0.1, -0.05) is 53.4 Å². The van der Waals surface area contributed by atoms with Crippen LogP contribution in [0, 0.1) is 0 Å². The van der Waals surface area contributed by atoms with Gasteiger partial charge >= 0.3 is 0 Å². The second kappa shape index (κ2) is 4.90. The van der Waals surface area contributed by atoms with E-state index in [2.05, 4.69) is 10.1 Å². The molecule has 2 heterocycles.